The number of benzene rings is 4. The zero-order chi connectivity index (χ0) is 36.8. The van der Waals surface area contributed by atoms with Crippen LogP contribution in [0.15, 0.2) is 108 Å². The van der Waals surface area contributed by atoms with Gasteiger partial charge in [0.05, 0.1) is 23.7 Å². The zero-order valence-electron chi connectivity index (χ0n) is 28.1. The van der Waals surface area contributed by atoms with Crippen molar-refractivity contribution in [3.8, 4) is 0 Å². The van der Waals surface area contributed by atoms with Crippen LogP contribution in [0.5, 0.6) is 0 Å². The number of allylic oxidation sites excluding steroid dienone is 2. The maximum absolute atomic E-state index is 14.0. The van der Waals surface area contributed by atoms with Gasteiger partial charge < -0.3 is 15.7 Å². The molecule has 0 aliphatic heterocycles. The number of anilines is 3. The predicted molar refractivity (Wildman–Crippen MR) is 193 cm³/mol. The molecule has 4 aromatic carbocycles. The van der Waals surface area contributed by atoms with Gasteiger partial charge in [0.2, 0.25) is 0 Å². The fourth-order valence-corrected chi connectivity index (χ4v) is 7.07. The number of nitrogens with one attached hydrogen (secondary N) is 2. The Balaban J connectivity index is 1.40. The lowest BCUT2D eigenvalue weighted by Gasteiger charge is -2.25. The summed E-state index contributed by atoms with van der Waals surface area (Å²) in [7, 11) is -2.52. The molecule has 0 fully saturated rings. The summed E-state index contributed by atoms with van der Waals surface area (Å²) in [6, 6.07) is 26.2. The Kier molecular flexibility index (Phi) is 11.2. The Labute approximate surface area is 295 Å². The van der Waals surface area contributed by atoms with E-state index in [0.717, 1.165) is 31.2 Å². The number of alkyl halides is 2. The third kappa shape index (κ3) is 8.79. The number of carbonyl (C=O) groups is 3. The molecule has 0 atom stereocenters. The lowest BCUT2D eigenvalue weighted by Crippen LogP contribution is -2.42. The summed E-state index contributed by atoms with van der Waals surface area (Å²) in [5.74, 6) is -7.34. The minimum Gasteiger partial charge on any atom is -0.477 e. The fraction of sp³-hybridized carbons (Fsp3) is 0.237. The average molecular weight is 717 g/mol. The molecule has 0 bridgehead atoms. The highest BCUT2D eigenvalue weighted by atomic mass is 32.2. The first kappa shape index (κ1) is 36.7. The van der Waals surface area contributed by atoms with E-state index in [-0.39, 0.29) is 22.7 Å². The first-order valence-corrected chi connectivity index (χ1v) is 17.7. The number of sulfonamides is 1. The van der Waals surface area contributed by atoms with Crippen molar-refractivity contribution in [2.24, 2.45) is 0 Å². The monoisotopic (exact) mass is 716 g/mol. The SMILES string of the molecule is Cc1ccc(NC(=O)N(Cc2ccc(C(=O)NCC(F)(F)C(=O)O)cc2)c2ccc(C3=CCCCC3)cc2)cc1S(=O)(=O)N(C)c1ccccc1. The molecule has 0 heterocycles. The molecule has 0 spiro atoms. The molecule has 4 aromatic rings. The summed E-state index contributed by atoms with van der Waals surface area (Å²) in [6.45, 7) is 0.337. The van der Waals surface area contributed by atoms with Crippen LogP contribution in [0.25, 0.3) is 5.57 Å². The Morgan fingerprint density at radius 3 is 2.20 bits per heavy atom. The molecular weight excluding hydrogens is 679 g/mol. The molecule has 0 aromatic heterocycles. The number of rotatable bonds is 12. The van der Waals surface area contributed by atoms with Crippen molar-refractivity contribution < 1.29 is 36.7 Å². The maximum Gasteiger partial charge on any atom is 0.376 e. The number of urea groups is 1. The first-order chi connectivity index (χ1) is 24.3. The first-order valence-electron chi connectivity index (χ1n) is 16.3. The zero-order valence-corrected chi connectivity index (χ0v) is 28.9. The van der Waals surface area contributed by atoms with Crippen LogP contribution in [0.4, 0.5) is 30.6 Å². The van der Waals surface area contributed by atoms with Crippen molar-refractivity contribution in [3.05, 3.63) is 125 Å². The van der Waals surface area contributed by atoms with E-state index in [0.29, 0.717) is 22.5 Å². The number of carboxylic acid groups (broad SMARTS) is 1. The van der Waals surface area contributed by atoms with Gasteiger partial charge >= 0.3 is 17.9 Å². The van der Waals surface area contributed by atoms with E-state index in [1.165, 1.54) is 40.0 Å². The van der Waals surface area contributed by atoms with Gasteiger partial charge in [-0.2, -0.15) is 8.78 Å². The number of para-hydroxylation sites is 1. The Bertz CT molecular complexity index is 2040. The molecule has 1 aliphatic carbocycles. The van der Waals surface area contributed by atoms with Gasteiger partial charge in [-0.05, 0) is 103 Å². The number of nitrogens with zero attached hydrogens (tertiary/aromatic N) is 2. The topological polar surface area (TPSA) is 136 Å². The van der Waals surface area contributed by atoms with Crippen LogP contribution in [0.1, 0.15) is 52.7 Å². The number of aliphatic carboxylic acids is 1. The smallest absolute Gasteiger partial charge is 0.376 e. The maximum atomic E-state index is 14.0. The molecular formula is C38H38F2N4O6S. The Morgan fingerprint density at radius 1 is 0.882 bits per heavy atom. The van der Waals surface area contributed by atoms with E-state index in [1.807, 2.05) is 29.6 Å². The van der Waals surface area contributed by atoms with Crippen molar-refractivity contribution in [2.45, 2.75) is 50.0 Å². The van der Waals surface area contributed by atoms with Crippen LogP contribution in [-0.4, -0.2) is 50.9 Å². The Hall–Kier alpha value is -5.56. The number of carbonyl (C=O) groups excluding carboxylic acids is 2. The summed E-state index contributed by atoms with van der Waals surface area (Å²) in [5, 5.41) is 13.4. The molecule has 266 valence electrons. The van der Waals surface area contributed by atoms with E-state index in [9.17, 15) is 31.6 Å². The van der Waals surface area contributed by atoms with Gasteiger partial charge in [-0.15, -0.1) is 0 Å². The number of hydrogen-bond donors (Lipinski definition) is 3. The van der Waals surface area contributed by atoms with Crippen molar-refractivity contribution >= 4 is 50.6 Å². The third-order valence-electron chi connectivity index (χ3n) is 8.62. The largest absolute Gasteiger partial charge is 0.477 e. The lowest BCUT2D eigenvalue weighted by atomic mass is 9.93. The molecule has 13 heteroatoms. The van der Waals surface area contributed by atoms with Crippen LogP contribution < -0.4 is 19.8 Å². The van der Waals surface area contributed by atoms with Gasteiger partial charge in [-0.3, -0.25) is 14.0 Å². The number of carboxylic acids is 1. The van der Waals surface area contributed by atoms with E-state index >= 15 is 0 Å². The second kappa shape index (κ2) is 15.5. The van der Waals surface area contributed by atoms with Crippen molar-refractivity contribution in [1.29, 1.82) is 0 Å². The normalized spacial score (nSPS) is 13.1. The molecule has 10 nitrogen and oxygen atoms in total. The molecule has 0 saturated carbocycles. The summed E-state index contributed by atoms with van der Waals surface area (Å²) in [4.78, 5) is 38.6. The second-order valence-electron chi connectivity index (χ2n) is 12.2. The molecule has 0 unspecified atom stereocenters. The summed E-state index contributed by atoms with van der Waals surface area (Å²) >= 11 is 0. The molecule has 0 saturated heterocycles. The number of amides is 3. The molecule has 5 rings (SSSR count). The highest BCUT2D eigenvalue weighted by molar-refractivity contribution is 7.92. The number of aryl methyl sites for hydroxylation is 1. The summed E-state index contributed by atoms with van der Waals surface area (Å²) < 4.78 is 55.4. The molecule has 3 amide bonds. The van der Waals surface area contributed by atoms with Crippen molar-refractivity contribution in [3.63, 3.8) is 0 Å². The van der Waals surface area contributed by atoms with Crippen LogP contribution in [0.3, 0.4) is 0 Å². The summed E-state index contributed by atoms with van der Waals surface area (Å²) in [6.07, 6.45) is 6.46. The van der Waals surface area contributed by atoms with Crippen LogP contribution in [-0.2, 0) is 21.4 Å². The number of halogens is 2. The average Bonchev–Trinajstić information content (AvgIpc) is 3.14. The number of hydrogen-bond acceptors (Lipinski definition) is 5. The molecule has 3 N–H and O–H groups in total. The summed E-state index contributed by atoms with van der Waals surface area (Å²) in [5.41, 5.74) is 4.69. The highest BCUT2D eigenvalue weighted by Crippen LogP contribution is 2.30. The molecule has 51 heavy (non-hydrogen) atoms. The van der Waals surface area contributed by atoms with Gasteiger partial charge in [-0.25, -0.2) is 18.0 Å². The predicted octanol–water partition coefficient (Wildman–Crippen LogP) is 7.47. The van der Waals surface area contributed by atoms with Crippen LogP contribution in [0, 0.1) is 6.92 Å². The van der Waals surface area contributed by atoms with Gasteiger partial charge in [0.1, 0.15) is 0 Å². The van der Waals surface area contributed by atoms with Gasteiger partial charge in [0.15, 0.2) is 0 Å². The third-order valence-corrected chi connectivity index (χ3v) is 10.6. The Morgan fingerprint density at radius 2 is 1.57 bits per heavy atom. The fourth-order valence-electron chi connectivity index (χ4n) is 5.62. The minimum absolute atomic E-state index is 0.0231. The van der Waals surface area contributed by atoms with Crippen molar-refractivity contribution in [2.75, 3.05) is 28.1 Å². The van der Waals surface area contributed by atoms with Gasteiger partial charge in [-0.1, -0.05) is 54.6 Å². The van der Waals surface area contributed by atoms with E-state index in [1.54, 1.807) is 61.5 Å². The minimum atomic E-state index is -4.12. The quantitative estimate of drug-likeness (QED) is 0.139. The van der Waals surface area contributed by atoms with Crippen molar-refractivity contribution in [1.82, 2.24) is 5.32 Å². The van der Waals surface area contributed by atoms with Crippen LogP contribution in [0.2, 0.25) is 0 Å². The van der Waals surface area contributed by atoms with Crippen LogP contribution >= 0.6 is 0 Å². The molecule has 1 aliphatic rings. The second-order valence-corrected chi connectivity index (χ2v) is 14.2. The standard InChI is InChI=1S/C38H38F2N4O6S/c1-26-13-20-31(23-34(26)51(49,50)43(2)32-11-7-4-8-12-32)42-37(48)44(33-21-18-29(19-22-33)28-9-5-3-6-10-28)24-27-14-16-30(17-15-27)35(45)41-25-38(39,40)36(46)47/h4,7-9,11-23H,3,5-6,10,24-25H2,1-2H3,(H,41,45)(H,42,48)(H,46,47). The lowest BCUT2D eigenvalue weighted by molar-refractivity contribution is -0.163. The van der Waals surface area contributed by atoms with E-state index in [4.69, 9.17) is 5.11 Å². The van der Waals surface area contributed by atoms with E-state index in [2.05, 4.69) is 11.4 Å². The molecule has 0 radical (unpaired) electrons. The van der Waals surface area contributed by atoms with Gasteiger partial charge in [0, 0.05) is 24.0 Å². The highest BCUT2D eigenvalue weighted by Gasteiger charge is 2.39. The van der Waals surface area contributed by atoms with Gasteiger partial charge in [0.25, 0.3) is 15.9 Å². The van der Waals surface area contributed by atoms with E-state index < -0.39 is 40.4 Å².